The van der Waals surface area contributed by atoms with Crippen molar-refractivity contribution in [1.82, 2.24) is 10.3 Å². The van der Waals surface area contributed by atoms with Gasteiger partial charge >= 0.3 is 0 Å². The van der Waals surface area contributed by atoms with Crippen molar-refractivity contribution in [2.24, 2.45) is 0 Å². The van der Waals surface area contributed by atoms with E-state index in [-0.39, 0.29) is 0 Å². The quantitative estimate of drug-likeness (QED) is 0.786. The molecule has 1 saturated heterocycles. The van der Waals surface area contributed by atoms with Crippen LogP contribution < -0.4 is 5.32 Å². The van der Waals surface area contributed by atoms with Gasteiger partial charge in [-0.05, 0) is 30.9 Å². The van der Waals surface area contributed by atoms with E-state index >= 15 is 0 Å². The number of hydrogen-bond donors (Lipinski definition) is 1. The van der Waals surface area contributed by atoms with E-state index < -0.39 is 0 Å². The van der Waals surface area contributed by atoms with Crippen LogP contribution in [0.25, 0.3) is 10.9 Å². The molecule has 1 N–H and O–H groups in total. The molecule has 2 heteroatoms. The third-order valence-corrected chi connectivity index (χ3v) is 3.45. The Morgan fingerprint density at radius 3 is 2.94 bits per heavy atom. The molecule has 2 nitrogen and oxygen atoms in total. The lowest BCUT2D eigenvalue weighted by molar-refractivity contribution is 0.659. The molecular weight excluding hydrogens is 196 g/mol. The van der Waals surface area contributed by atoms with E-state index in [4.69, 9.17) is 0 Å². The smallest absolute Gasteiger partial charge is 0.0737 e. The van der Waals surface area contributed by atoms with Crippen LogP contribution in [-0.2, 0) is 0 Å². The highest BCUT2D eigenvalue weighted by atomic mass is 14.9. The largest absolute Gasteiger partial charge is 0.314 e. The Morgan fingerprint density at radius 2 is 2.12 bits per heavy atom. The summed E-state index contributed by atoms with van der Waals surface area (Å²) in [6.45, 7) is 3.33. The Kier molecular flexibility index (Phi) is 2.37. The molecule has 1 aromatic heterocycles. The van der Waals surface area contributed by atoms with Crippen molar-refractivity contribution in [2.45, 2.75) is 25.3 Å². The van der Waals surface area contributed by atoms with Gasteiger partial charge in [-0.2, -0.15) is 0 Å². The molecule has 2 unspecified atom stereocenters. The predicted molar refractivity (Wildman–Crippen MR) is 66.6 cm³/mol. The summed E-state index contributed by atoms with van der Waals surface area (Å²) in [6, 6.07) is 11.3. The van der Waals surface area contributed by atoms with Gasteiger partial charge in [0.25, 0.3) is 0 Å². The van der Waals surface area contributed by atoms with E-state index in [1.165, 1.54) is 22.9 Å². The fourth-order valence-electron chi connectivity index (χ4n) is 2.63. The molecule has 82 valence electrons. The average molecular weight is 212 g/mol. The van der Waals surface area contributed by atoms with Gasteiger partial charge in [-0.1, -0.05) is 24.3 Å². The minimum Gasteiger partial charge on any atom is -0.314 e. The van der Waals surface area contributed by atoms with Gasteiger partial charge in [0.05, 0.1) is 5.52 Å². The first-order valence-corrected chi connectivity index (χ1v) is 5.91. The summed E-state index contributed by atoms with van der Waals surface area (Å²) in [5.74, 6) is 0.619. The van der Waals surface area contributed by atoms with Gasteiger partial charge in [-0.3, -0.25) is 4.98 Å². The fourth-order valence-corrected chi connectivity index (χ4v) is 2.63. The van der Waals surface area contributed by atoms with Crippen molar-refractivity contribution >= 4 is 10.9 Å². The summed E-state index contributed by atoms with van der Waals surface area (Å²) in [4.78, 5) is 4.52. The van der Waals surface area contributed by atoms with Crippen molar-refractivity contribution in [3.05, 3.63) is 42.1 Å². The SMILES string of the molecule is CC1CC(c2cccc3cccnc23)CN1. The number of nitrogens with zero attached hydrogens (tertiary/aromatic N) is 1. The Morgan fingerprint density at radius 1 is 1.25 bits per heavy atom. The highest BCUT2D eigenvalue weighted by molar-refractivity contribution is 5.82. The molecule has 1 aliphatic rings. The molecule has 1 fully saturated rings. The molecular formula is C14H16N2. The van der Waals surface area contributed by atoms with E-state index in [1.807, 2.05) is 12.3 Å². The number of nitrogens with one attached hydrogen (secondary N) is 1. The zero-order valence-corrected chi connectivity index (χ0v) is 9.48. The summed E-state index contributed by atoms with van der Waals surface area (Å²) in [6.07, 6.45) is 3.10. The van der Waals surface area contributed by atoms with Crippen molar-refractivity contribution in [3.63, 3.8) is 0 Å². The summed E-state index contributed by atoms with van der Waals surface area (Å²) >= 11 is 0. The van der Waals surface area contributed by atoms with Crippen LogP contribution in [0.15, 0.2) is 36.5 Å². The maximum absolute atomic E-state index is 4.52. The topological polar surface area (TPSA) is 24.9 Å². The third-order valence-electron chi connectivity index (χ3n) is 3.45. The molecule has 0 bridgehead atoms. The van der Waals surface area contributed by atoms with Gasteiger partial charge in [-0.15, -0.1) is 0 Å². The molecule has 3 rings (SSSR count). The maximum atomic E-state index is 4.52. The van der Waals surface area contributed by atoms with Crippen molar-refractivity contribution in [3.8, 4) is 0 Å². The van der Waals surface area contributed by atoms with E-state index in [9.17, 15) is 0 Å². The minimum absolute atomic E-state index is 0.619. The van der Waals surface area contributed by atoms with Crippen molar-refractivity contribution in [1.29, 1.82) is 0 Å². The number of hydrogen-bond acceptors (Lipinski definition) is 2. The van der Waals surface area contributed by atoms with Gasteiger partial charge in [-0.25, -0.2) is 0 Å². The Hall–Kier alpha value is -1.41. The average Bonchev–Trinajstić information content (AvgIpc) is 2.75. The number of benzene rings is 1. The minimum atomic E-state index is 0.619. The number of rotatable bonds is 1. The first kappa shape index (κ1) is 9.79. The monoisotopic (exact) mass is 212 g/mol. The van der Waals surface area contributed by atoms with Crippen LogP contribution in [0, 0.1) is 0 Å². The molecule has 2 heterocycles. The normalized spacial score (nSPS) is 25.1. The third kappa shape index (κ3) is 1.59. The molecule has 0 radical (unpaired) electrons. The maximum Gasteiger partial charge on any atom is 0.0737 e. The van der Waals surface area contributed by atoms with Crippen molar-refractivity contribution in [2.75, 3.05) is 6.54 Å². The predicted octanol–water partition coefficient (Wildman–Crippen LogP) is 2.70. The van der Waals surface area contributed by atoms with E-state index in [1.54, 1.807) is 0 Å². The molecule has 16 heavy (non-hydrogen) atoms. The number of pyridine rings is 1. The summed E-state index contributed by atoms with van der Waals surface area (Å²) in [5, 5.41) is 4.75. The van der Waals surface area contributed by atoms with Crippen molar-refractivity contribution < 1.29 is 0 Å². The molecule has 2 atom stereocenters. The highest BCUT2D eigenvalue weighted by Crippen LogP contribution is 2.30. The Bertz CT molecular complexity index is 502. The summed E-state index contributed by atoms with van der Waals surface area (Å²) in [7, 11) is 0. The highest BCUT2D eigenvalue weighted by Gasteiger charge is 2.23. The van der Waals surface area contributed by atoms with Crippen LogP contribution in [0.5, 0.6) is 0 Å². The molecule has 2 aromatic rings. The number of para-hydroxylation sites is 1. The van der Waals surface area contributed by atoms with Gasteiger partial charge < -0.3 is 5.32 Å². The zero-order chi connectivity index (χ0) is 11.0. The lowest BCUT2D eigenvalue weighted by Crippen LogP contribution is -2.16. The molecule has 0 spiro atoms. The van der Waals surface area contributed by atoms with Gasteiger partial charge in [0, 0.05) is 24.2 Å². The molecule has 0 amide bonds. The van der Waals surface area contributed by atoms with Gasteiger partial charge in [0.2, 0.25) is 0 Å². The van der Waals surface area contributed by atoms with E-state index in [2.05, 4.69) is 41.5 Å². The van der Waals surface area contributed by atoms with Crippen LogP contribution in [0.3, 0.4) is 0 Å². The number of fused-ring (bicyclic) bond motifs is 1. The lowest BCUT2D eigenvalue weighted by atomic mass is 9.94. The van der Waals surface area contributed by atoms with E-state index in [0.29, 0.717) is 12.0 Å². The second-order valence-corrected chi connectivity index (χ2v) is 4.66. The summed E-state index contributed by atoms with van der Waals surface area (Å²) < 4.78 is 0. The van der Waals surface area contributed by atoms with Gasteiger partial charge in [0.1, 0.15) is 0 Å². The molecule has 1 aliphatic heterocycles. The number of aromatic nitrogens is 1. The Balaban J connectivity index is 2.09. The molecule has 0 saturated carbocycles. The van der Waals surface area contributed by atoms with Gasteiger partial charge in [0.15, 0.2) is 0 Å². The van der Waals surface area contributed by atoms with Crippen LogP contribution in [0.4, 0.5) is 0 Å². The lowest BCUT2D eigenvalue weighted by Gasteiger charge is -2.11. The van der Waals surface area contributed by atoms with Crippen LogP contribution >= 0.6 is 0 Å². The molecule has 1 aromatic carbocycles. The summed E-state index contributed by atoms with van der Waals surface area (Å²) in [5.41, 5.74) is 2.57. The first-order chi connectivity index (χ1) is 7.84. The second-order valence-electron chi connectivity index (χ2n) is 4.66. The van der Waals surface area contributed by atoms with Crippen LogP contribution in [0.1, 0.15) is 24.8 Å². The second kappa shape index (κ2) is 3.87. The first-order valence-electron chi connectivity index (χ1n) is 5.91. The zero-order valence-electron chi connectivity index (χ0n) is 9.48. The van der Waals surface area contributed by atoms with Crippen LogP contribution in [0.2, 0.25) is 0 Å². The Labute approximate surface area is 95.7 Å². The fraction of sp³-hybridized carbons (Fsp3) is 0.357. The molecule has 0 aliphatic carbocycles. The van der Waals surface area contributed by atoms with Crippen LogP contribution in [-0.4, -0.2) is 17.6 Å². The standard InChI is InChI=1S/C14H16N2/c1-10-8-12(9-16-10)13-6-2-4-11-5-3-7-15-14(11)13/h2-7,10,12,16H,8-9H2,1H3. The van der Waals surface area contributed by atoms with E-state index in [0.717, 1.165) is 6.54 Å².